The van der Waals surface area contributed by atoms with Gasteiger partial charge in [-0.2, -0.15) is 5.10 Å². The highest BCUT2D eigenvalue weighted by Gasteiger charge is 2.27. The first-order valence-electron chi connectivity index (χ1n) is 8.87. The van der Waals surface area contributed by atoms with Gasteiger partial charge < -0.3 is 9.80 Å². The Bertz CT molecular complexity index is 727. The molecule has 1 amide bonds. The Labute approximate surface area is 148 Å². The largest absolute Gasteiger partial charge is 0.340 e. The molecule has 25 heavy (non-hydrogen) atoms. The van der Waals surface area contributed by atoms with Crippen LogP contribution in [0.3, 0.4) is 0 Å². The number of aromatic nitrogens is 5. The fraction of sp³-hybridized carbons (Fsp3) is 0.647. The third-order valence-electron chi connectivity index (χ3n) is 4.38. The van der Waals surface area contributed by atoms with Gasteiger partial charge in [-0.05, 0) is 18.8 Å². The molecule has 0 spiro atoms. The lowest BCUT2D eigenvalue weighted by Gasteiger charge is -2.21. The molecule has 8 nitrogen and oxygen atoms in total. The van der Waals surface area contributed by atoms with E-state index in [1.54, 1.807) is 4.68 Å². The van der Waals surface area contributed by atoms with E-state index in [1.807, 2.05) is 40.9 Å². The molecule has 0 saturated carbocycles. The number of amides is 1. The zero-order valence-corrected chi connectivity index (χ0v) is 15.5. The van der Waals surface area contributed by atoms with Crippen molar-refractivity contribution in [1.29, 1.82) is 0 Å². The Balaban J connectivity index is 1.86. The van der Waals surface area contributed by atoms with Crippen LogP contribution >= 0.6 is 0 Å². The summed E-state index contributed by atoms with van der Waals surface area (Å²) in [5.41, 5.74) is 1.09. The second-order valence-corrected chi connectivity index (χ2v) is 7.21. The number of carbonyl (C=O) groups excluding carboxylic acids is 1. The van der Waals surface area contributed by atoms with Crippen molar-refractivity contribution >= 4 is 11.9 Å². The molecule has 3 rings (SSSR count). The summed E-state index contributed by atoms with van der Waals surface area (Å²) >= 11 is 0. The molecule has 1 fully saturated rings. The van der Waals surface area contributed by atoms with Gasteiger partial charge in [0.1, 0.15) is 0 Å². The maximum absolute atomic E-state index is 12.8. The third kappa shape index (κ3) is 3.83. The van der Waals surface area contributed by atoms with Crippen LogP contribution in [0.25, 0.3) is 0 Å². The molecule has 8 heteroatoms. The smallest absolute Gasteiger partial charge is 0.291 e. The third-order valence-corrected chi connectivity index (χ3v) is 4.38. The van der Waals surface area contributed by atoms with Gasteiger partial charge in [-0.25, -0.2) is 0 Å². The zero-order chi connectivity index (χ0) is 18.0. The summed E-state index contributed by atoms with van der Waals surface area (Å²) in [5, 5.41) is 12.8. The first-order chi connectivity index (χ1) is 12.0. The van der Waals surface area contributed by atoms with E-state index in [0.29, 0.717) is 24.8 Å². The predicted octanol–water partition coefficient (Wildman–Crippen LogP) is 1.54. The molecule has 136 valence electrons. The number of nitrogens with zero attached hydrogens (tertiary/aromatic N) is 7. The van der Waals surface area contributed by atoms with E-state index in [-0.39, 0.29) is 5.91 Å². The van der Waals surface area contributed by atoms with E-state index < -0.39 is 0 Å². The van der Waals surface area contributed by atoms with Crippen LogP contribution < -0.4 is 4.90 Å². The van der Waals surface area contributed by atoms with E-state index in [0.717, 1.165) is 37.4 Å². The van der Waals surface area contributed by atoms with Crippen molar-refractivity contribution in [2.45, 2.75) is 39.8 Å². The van der Waals surface area contributed by atoms with Gasteiger partial charge in [0.25, 0.3) is 5.91 Å². The molecule has 0 aliphatic carbocycles. The number of hydrogen-bond donors (Lipinski definition) is 0. The van der Waals surface area contributed by atoms with Crippen LogP contribution in [0.4, 0.5) is 5.95 Å². The van der Waals surface area contributed by atoms with Gasteiger partial charge in [0, 0.05) is 52.0 Å². The molecule has 1 aliphatic heterocycles. The van der Waals surface area contributed by atoms with Crippen molar-refractivity contribution in [1.82, 2.24) is 29.4 Å². The molecule has 0 radical (unpaired) electrons. The molecule has 0 bridgehead atoms. The highest BCUT2D eigenvalue weighted by Crippen LogP contribution is 2.19. The Morgan fingerprint density at radius 1 is 1.28 bits per heavy atom. The summed E-state index contributed by atoms with van der Waals surface area (Å²) in [7, 11) is 3.87. The average molecular weight is 345 g/mol. The monoisotopic (exact) mass is 345 g/mol. The van der Waals surface area contributed by atoms with Crippen LogP contribution in [-0.2, 0) is 20.1 Å². The molecule has 3 heterocycles. The van der Waals surface area contributed by atoms with E-state index >= 15 is 0 Å². The van der Waals surface area contributed by atoms with Crippen LogP contribution in [0.5, 0.6) is 0 Å². The molecule has 0 unspecified atom stereocenters. The fourth-order valence-corrected chi connectivity index (χ4v) is 3.23. The Hall–Kier alpha value is -2.38. The number of anilines is 1. The summed E-state index contributed by atoms with van der Waals surface area (Å²) in [6, 6.07) is 0. The standard InChI is InChI=1S/C17H27N7O/c1-13(2)10-24-15(16(25)23-7-5-6-8-23)19-20-17(24)21(3)11-14-9-18-22(4)12-14/h9,12-13H,5-8,10-11H2,1-4H3. The number of hydrogen-bond acceptors (Lipinski definition) is 5. The van der Waals surface area contributed by atoms with Crippen molar-refractivity contribution in [2.75, 3.05) is 25.0 Å². The van der Waals surface area contributed by atoms with Crippen molar-refractivity contribution in [2.24, 2.45) is 13.0 Å². The highest BCUT2D eigenvalue weighted by molar-refractivity contribution is 5.91. The molecule has 2 aromatic heterocycles. The molecule has 0 N–H and O–H groups in total. The predicted molar refractivity (Wildman–Crippen MR) is 95.3 cm³/mol. The van der Waals surface area contributed by atoms with E-state index in [1.165, 1.54) is 0 Å². The minimum Gasteiger partial charge on any atom is -0.340 e. The van der Waals surface area contributed by atoms with Gasteiger partial charge in [-0.15, -0.1) is 10.2 Å². The fourth-order valence-electron chi connectivity index (χ4n) is 3.23. The lowest BCUT2D eigenvalue weighted by atomic mass is 10.2. The van der Waals surface area contributed by atoms with Crippen LogP contribution in [0.15, 0.2) is 12.4 Å². The van der Waals surface area contributed by atoms with E-state index in [2.05, 4.69) is 29.1 Å². The Kier molecular flexibility index (Phi) is 5.06. The topological polar surface area (TPSA) is 72.1 Å². The SMILES string of the molecule is CC(C)Cn1c(C(=O)N2CCCC2)nnc1N(C)Cc1cnn(C)c1. The van der Waals surface area contributed by atoms with Gasteiger partial charge >= 0.3 is 0 Å². The molecular formula is C17H27N7O. The average Bonchev–Trinajstić information content (AvgIpc) is 3.27. The quantitative estimate of drug-likeness (QED) is 0.794. The van der Waals surface area contributed by atoms with Gasteiger partial charge in [0.15, 0.2) is 0 Å². The number of carbonyl (C=O) groups is 1. The second-order valence-electron chi connectivity index (χ2n) is 7.21. The number of likely N-dealkylation sites (tertiary alicyclic amines) is 1. The van der Waals surface area contributed by atoms with Crippen LogP contribution in [0.2, 0.25) is 0 Å². The van der Waals surface area contributed by atoms with Crippen LogP contribution in [0.1, 0.15) is 42.9 Å². The minimum absolute atomic E-state index is 0.00771. The number of rotatable bonds is 6. The molecule has 0 aromatic carbocycles. The maximum Gasteiger partial charge on any atom is 0.291 e. The molecule has 0 atom stereocenters. The minimum atomic E-state index is -0.00771. The first kappa shape index (κ1) is 17.4. The highest BCUT2D eigenvalue weighted by atomic mass is 16.2. The summed E-state index contributed by atoms with van der Waals surface area (Å²) in [4.78, 5) is 16.7. The van der Waals surface area contributed by atoms with Gasteiger partial charge in [0.05, 0.1) is 6.20 Å². The summed E-state index contributed by atoms with van der Waals surface area (Å²) in [6.45, 7) is 7.28. The molecule has 1 aliphatic rings. The van der Waals surface area contributed by atoms with Crippen molar-refractivity contribution in [3.63, 3.8) is 0 Å². The van der Waals surface area contributed by atoms with Crippen LogP contribution in [-0.4, -0.2) is 55.5 Å². The van der Waals surface area contributed by atoms with Gasteiger partial charge in [0.2, 0.25) is 11.8 Å². The van der Waals surface area contributed by atoms with Gasteiger partial charge in [-0.1, -0.05) is 13.8 Å². The Morgan fingerprint density at radius 2 is 2.00 bits per heavy atom. The first-order valence-corrected chi connectivity index (χ1v) is 8.87. The van der Waals surface area contributed by atoms with E-state index in [9.17, 15) is 4.79 Å². The summed E-state index contributed by atoms with van der Waals surface area (Å²) in [6.07, 6.45) is 5.96. The summed E-state index contributed by atoms with van der Waals surface area (Å²) < 4.78 is 3.74. The number of aryl methyl sites for hydroxylation is 1. The second kappa shape index (κ2) is 7.25. The molecule has 1 saturated heterocycles. The maximum atomic E-state index is 12.8. The van der Waals surface area contributed by atoms with Crippen molar-refractivity contribution < 1.29 is 4.79 Å². The zero-order valence-electron chi connectivity index (χ0n) is 15.5. The van der Waals surface area contributed by atoms with E-state index in [4.69, 9.17) is 0 Å². The van der Waals surface area contributed by atoms with Crippen molar-refractivity contribution in [3.05, 3.63) is 23.8 Å². The van der Waals surface area contributed by atoms with Crippen LogP contribution in [0, 0.1) is 5.92 Å². The lowest BCUT2D eigenvalue weighted by molar-refractivity contribution is 0.0774. The molecular weight excluding hydrogens is 318 g/mol. The lowest BCUT2D eigenvalue weighted by Crippen LogP contribution is -2.31. The molecule has 2 aromatic rings. The van der Waals surface area contributed by atoms with Crippen molar-refractivity contribution in [3.8, 4) is 0 Å². The van der Waals surface area contributed by atoms with Gasteiger partial charge in [-0.3, -0.25) is 14.0 Å². The Morgan fingerprint density at radius 3 is 2.60 bits per heavy atom. The summed E-state index contributed by atoms with van der Waals surface area (Å²) in [5.74, 6) is 1.56. The normalized spacial score (nSPS) is 14.5.